The second-order valence-electron chi connectivity index (χ2n) is 9.36. The summed E-state index contributed by atoms with van der Waals surface area (Å²) in [5.41, 5.74) is 4.90. The van der Waals surface area contributed by atoms with Crippen LogP contribution in [-0.2, 0) is 22.6 Å². The Kier molecular flexibility index (Phi) is 6.19. The average Bonchev–Trinajstić information content (AvgIpc) is 3.35. The number of hydrogen-bond acceptors (Lipinski definition) is 5. The van der Waals surface area contributed by atoms with Crippen LogP contribution in [-0.4, -0.2) is 80.5 Å². The second-order valence-corrected chi connectivity index (χ2v) is 9.36. The lowest BCUT2D eigenvalue weighted by Crippen LogP contribution is -2.48. The van der Waals surface area contributed by atoms with E-state index in [-0.39, 0.29) is 11.7 Å². The molecule has 5 rings (SSSR count). The first kappa shape index (κ1) is 22.1. The molecule has 1 N–H and O–H groups in total. The van der Waals surface area contributed by atoms with Crippen LogP contribution in [0.1, 0.15) is 22.3 Å². The molecule has 174 valence electrons. The Balaban J connectivity index is 1.24. The summed E-state index contributed by atoms with van der Waals surface area (Å²) in [6.45, 7) is 8.22. The monoisotopic (exact) mass is 450 g/mol. The van der Waals surface area contributed by atoms with Gasteiger partial charge >= 0.3 is 0 Å². The third-order valence-corrected chi connectivity index (χ3v) is 6.78. The highest BCUT2D eigenvalue weighted by molar-refractivity contribution is 6.36. The standard InChI is InChI=1S/C26H31FN4O2/c1-29(2)9-10-31-13-11-30(12-14-31)8-7-18-3-5-21-19(15-18)17-33-25(21)24-22-16-20(27)4-6-23(22)28-26(24)32/h3-6,15-16H,7-14,17H2,1-2H3,(H,28,32). The molecule has 1 saturated heterocycles. The zero-order valence-electron chi connectivity index (χ0n) is 19.4. The number of carbonyl (C=O) groups is 1. The molecule has 0 bridgehead atoms. The highest BCUT2D eigenvalue weighted by Gasteiger charge is 2.32. The van der Waals surface area contributed by atoms with Gasteiger partial charge in [-0.25, -0.2) is 4.39 Å². The Bertz CT molecular complexity index is 1090. The van der Waals surface area contributed by atoms with Gasteiger partial charge in [0.1, 0.15) is 18.2 Å². The number of benzene rings is 2. The molecular formula is C26H31FN4O2. The molecule has 7 heteroatoms. The molecule has 1 fully saturated rings. The number of nitrogens with zero attached hydrogens (tertiary/aromatic N) is 3. The predicted octanol–water partition coefficient (Wildman–Crippen LogP) is 2.90. The van der Waals surface area contributed by atoms with E-state index in [2.05, 4.69) is 46.2 Å². The van der Waals surface area contributed by atoms with E-state index < -0.39 is 0 Å². The van der Waals surface area contributed by atoms with Gasteiger partial charge in [0.25, 0.3) is 5.91 Å². The van der Waals surface area contributed by atoms with Gasteiger partial charge in [-0.15, -0.1) is 0 Å². The summed E-state index contributed by atoms with van der Waals surface area (Å²) in [7, 11) is 4.25. The van der Waals surface area contributed by atoms with Crippen LogP contribution in [0, 0.1) is 5.82 Å². The zero-order valence-corrected chi connectivity index (χ0v) is 19.4. The fourth-order valence-electron chi connectivity index (χ4n) is 4.81. The van der Waals surface area contributed by atoms with Crippen LogP contribution in [0.25, 0.3) is 11.3 Å². The number of likely N-dealkylation sites (N-methyl/N-ethyl adjacent to an activating group) is 1. The third-order valence-electron chi connectivity index (χ3n) is 6.78. The molecule has 2 aromatic rings. The topological polar surface area (TPSA) is 48.1 Å². The first-order chi connectivity index (χ1) is 16.0. The largest absolute Gasteiger partial charge is 0.487 e. The Morgan fingerprint density at radius 3 is 2.52 bits per heavy atom. The van der Waals surface area contributed by atoms with Crippen molar-refractivity contribution in [1.29, 1.82) is 0 Å². The maximum Gasteiger partial charge on any atom is 0.260 e. The average molecular weight is 451 g/mol. The summed E-state index contributed by atoms with van der Waals surface area (Å²) in [5, 5.41) is 2.81. The normalized spacial score (nSPS) is 20.7. The van der Waals surface area contributed by atoms with Crippen LogP contribution in [0.3, 0.4) is 0 Å². The lowest BCUT2D eigenvalue weighted by atomic mass is 9.98. The van der Waals surface area contributed by atoms with Crippen molar-refractivity contribution in [2.75, 3.05) is 65.2 Å². The Hall–Kier alpha value is -2.74. The summed E-state index contributed by atoms with van der Waals surface area (Å²) in [4.78, 5) is 19.9. The Morgan fingerprint density at radius 1 is 1.00 bits per heavy atom. The van der Waals surface area contributed by atoms with E-state index in [1.807, 2.05) is 6.07 Å². The summed E-state index contributed by atoms with van der Waals surface area (Å²) in [5.74, 6) is -0.0602. The van der Waals surface area contributed by atoms with Crippen molar-refractivity contribution in [3.05, 3.63) is 64.5 Å². The minimum atomic E-state index is -0.365. The van der Waals surface area contributed by atoms with Gasteiger partial charge in [0.2, 0.25) is 0 Å². The lowest BCUT2D eigenvalue weighted by Gasteiger charge is -2.35. The van der Waals surface area contributed by atoms with Crippen LogP contribution < -0.4 is 5.32 Å². The number of fused-ring (bicyclic) bond motifs is 2. The number of nitrogens with one attached hydrogen (secondary N) is 1. The predicted molar refractivity (Wildman–Crippen MR) is 128 cm³/mol. The van der Waals surface area contributed by atoms with Gasteiger partial charge in [0, 0.05) is 68.2 Å². The molecule has 0 atom stereocenters. The highest BCUT2D eigenvalue weighted by Crippen LogP contribution is 2.41. The first-order valence-corrected chi connectivity index (χ1v) is 11.7. The fraction of sp³-hybridized carbons (Fsp3) is 0.423. The Labute approximate surface area is 194 Å². The minimum absolute atomic E-state index is 0.243. The summed E-state index contributed by atoms with van der Waals surface area (Å²) < 4.78 is 19.8. The fourth-order valence-corrected chi connectivity index (χ4v) is 4.81. The van der Waals surface area contributed by atoms with Gasteiger partial charge in [-0.2, -0.15) is 0 Å². The molecule has 1 amide bonds. The molecule has 0 aliphatic carbocycles. The van der Waals surface area contributed by atoms with Gasteiger partial charge in [-0.3, -0.25) is 9.69 Å². The van der Waals surface area contributed by atoms with Gasteiger partial charge < -0.3 is 19.9 Å². The summed E-state index contributed by atoms with van der Waals surface area (Å²) in [6.07, 6.45) is 0.991. The van der Waals surface area contributed by atoms with Crippen LogP contribution in [0.5, 0.6) is 0 Å². The molecule has 0 unspecified atom stereocenters. The van der Waals surface area contributed by atoms with E-state index >= 15 is 0 Å². The van der Waals surface area contributed by atoms with E-state index in [9.17, 15) is 9.18 Å². The van der Waals surface area contributed by atoms with Crippen molar-refractivity contribution in [3.63, 3.8) is 0 Å². The maximum atomic E-state index is 13.8. The second kappa shape index (κ2) is 9.25. The zero-order chi connectivity index (χ0) is 22.9. The van der Waals surface area contributed by atoms with Crippen LogP contribution in [0.15, 0.2) is 36.4 Å². The minimum Gasteiger partial charge on any atom is -0.487 e. The van der Waals surface area contributed by atoms with Crippen molar-refractivity contribution >= 4 is 22.9 Å². The molecule has 0 saturated carbocycles. The number of rotatable bonds is 6. The van der Waals surface area contributed by atoms with Crippen molar-refractivity contribution in [1.82, 2.24) is 14.7 Å². The molecule has 0 radical (unpaired) electrons. The molecular weight excluding hydrogens is 419 g/mol. The quantitative estimate of drug-likeness (QED) is 0.686. The number of anilines is 1. The number of piperazine rings is 1. The van der Waals surface area contributed by atoms with Gasteiger partial charge in [-0.05, 0) is 44.3 Å². The highest BCUT2D eigenvalue weighted by atomic mass is 19.1. The number of amides is 1. The van der Waals surface area contributed by atoms with E-state index in [0.717, 1.165) is 63.4 Å². The number of halogens is 1. The van der Waals surface area contributed by atoms with Gasteiger partial charge in [-0.1, -0.05) is 18.2 Å². The van der Waals surface area contributed by atoms with Gasteiger partial charge in [0.05, 0.1) is 5.57 Å². The molecule has 3 heterocycles. The van der Waals surface area contributed by atoms with Crippen LogP contribution in [0.4, 0.5) is 10.1 Å². The van der Waals surface area contributed by atoms with Gasteiger partial charge in [0.15, 0.2) is 0 Å². The molecule has 0 aromatic heterocycles. The van der Waals surface area contributed by atoms with Crippen molar-refractivity contribution in [3.8, 4) is 0 Å². The molecule has 3 aliphatic heterocycles. The van der Waals surface area contributed by atoms with Crippen molar-refractivity contribution < 1.29 is 13.9 Å². The summed E-state index contributed by atoms with van der Waals surface area (Å²) in [6, 6.07) is 10.7. The van der Waals surface area contributed by atoms with E-state index in [1.165, 1.54) is 17.7 Å². The molecule has 2 aromatic carbocycles. The molecule has 0 spiro atoms. The van der Waals surface area contributed by atoms with E-state index in [4.69, 9.17) is 4.74 Å². The molecule has 3 aliphatic rings. The smallest absolute Gasteiger partial charge is 0.260 e. The third kappa shape index (κ3) is 4.67. The number of ether oxygens (including phenoxy) is 1. The van der Waals surface area contributed by atoms with Crippen LogP contribution in [0.2, 0.25) is 0 Å². The number of carbonyl (C=O) groups excluding carboxylic acids is 1. The van der Waals surface area contributed by atoms with Crippen molar-refractivity contribution in [2.45, 2.75) is 13.0 Å². The first-order valence-electron chi connectivity index (χ1n) is 11.7. The van der Waals surface area contributed by atoms with Crippen molar-refractivity contribution in [2.24, 2.45) is 0 Å². The Morgan fingerprint density at radius 2 is 1.76 bits per heavy atom. The number of hydrogen-bond donors (Lipinski definition) is 1. The van der Waals surface area contributed by atoms with Crippen LogP contribution >= 0.6 is 0 Å². The SMILES string of the molecule is CN(C)CCN1CCN(CCc2ccc3c(c2)COC3=C2C(=O)Nc3ccc(F)cc32)CC1. The molecule has 33 heavy (non-hydrogen) atoms. The van der Waals surface area contributed by atoms with E-state index in [0.29, 0.717) is 29.2 Å². The molecule has 6 nitrogen and oxygen atoms in total. The van der Waals surface area contributed by atoms with E-state index in [1.54, 1.807) is 6.07 Å². The maximum absolute atomic E-state index is 13.8. The lowest BCUT2D eigenvalue weighted by molar-refractivity contribution is -0.110. The summed E-state index contributed by atoms with van der Waals surface area (Å²) >= 11 is 0.